The number of H-pyrrole nitrogens is 1. The van der Waals surface area contributed by atoms with Crippen LogP contribution in [-0.2, 0) is 0 Å². The van der Waals surface area contributed by atoms with Crippen LogP contribution in [0.15, 0.2) is 52.6 Å². The van der Waals surface area contributed by atoms with Gasteiger partial charge in [0.05, 0.1) is 7.11 Å². The van der Waals surface area contributed by atoms with Gasteiger partial charge >= 0.3 is 6.09 Å². The summed E-state index contributed by atoms with van der Waals surface area (Å²) in [4.78, 5) is 26.1. The Bertz CT molecular complexity index is 1260. The molecule has 3 N–H and O–H groups in total. The second kappa shape index (κ2) is 7.60. The number of nitrogens with one attached hydrogen (secondary N) is 2. The molecular weight excluding hydrogens is 388 g/mol. The topological polar surface area (TPSA) is 91.4 Å². The summed E-state index contributed by atoms with van der Waals surface area (Å²) in [5.74, 6) is 0.778. The van der Waals surface area contributed by atoms with Crippen LogP contribution in [0.5, 0.6) is 5.75 Å². The molecule has 0 fully saturated rings. The van der Waals surface area contributed by atoms with E-state index in [9.17, 15) is 9.59 Å². The first-order chi connectivity index (χ1) is 14.0. The Morgan fingerprint density at radius 2 is 1.97 bits per heavy atom. The van der Waals surface area contributed by atoms with Crippen LogP contribution in [0.4, 0.5) is 4.79 Å². The van der Waals surface area contributed by atoms with Crippen molar-refractivity contribution in [3.05, 3.63) is 63.8 Å². The van der Waals surface area contributed by atoms with E-state index in [0.29, 0.717) is 11.2 Å². The number of aromatic amines is 1. The van der Waals surface area contributed by atoms with E-state index in [4.69, 9.17) is 9.84 Å². The summed E-state index contributed by atoms with van der Waals surface area (Å²) in [7, 11) is 1.63. The number of fused-ring (bicyclic) bond motifs is 3. The lowest BCUT2D eigenvalue weighted by atomic mass is 9.94. The SMILES string of the molecule is COc1ccc2[nH]c(=O)c3sccc3c2c1-c1ccc(C(C)CNC(=O)O)cc1. The van der Waals surface area contributed by atoms with Gasteiger partial charge in [-0.15, -0.1) is 11.3 Å². The molecule has 1 amide bonds. The van der Waals surface area contributed by atoms with Gasteiger partial charge in [0.1, 0.15) is 10.4 Å². The molecular formula is C22H20N2O4S. The third-order valence-electron chi connectivity index (χ3n) is 5.10. The number of methoxy groups -OCH3 is 1. The quantitative estimate of drug-likeness (QED) is 0.443. The van der Waals surface area contributed by atoms with Gasteiger partial charge in [0, 0.05) is 28.4 Å². The van der Waals surface area contributed by atoms with Crippen molar-refractivity contribution in [3.8, 4) is 16.9 Å². The largest absolute Gasteiger partial charge is 0.496 e. The highest BCUT2D eigenvalue weighted by atomic mass is 32.1. The number of rotatable bonds is 5. The minimum atomic E-state index is -1.03. The van der Waals surface area contributed by atoms with Gasteiger partial charge in [-0.25, -0.2) is 4.79 Å². The number of hydrogen-bond donors (Lipinski definition) is 3. The number of thiophene rings is 1. The first-order valence-corrected chi connectivity index (χ1v) is 10.0. The van der Waals surface area contributed by atoms with Crippen LogP contribution in [0.2, 0.25) is 0 Å². The molecule has 0 radical (unpaired) electrons. The molecule has 0 bridgehead atoms. The Hall–Kier alpha value is -3.32. The predicted molar refractivity (Wildman–Crippen MR) is 116 cm³/mol. The van der Waals surface area contributed by atoms with Crippen LogP contribution >= 0.6 is 11.3 Å². The van der Waals surface area contributed by atoms with Crippen LogP contribution in [-0.4, -0.2) is 29.8 Å². The lowest BCUT2D eigenvalue weighted by Gasteiger charge is -2.15. The summed E-state index contributed by atoms with van der Waals surface area (Å²) in [6.45, 7) is 2.33. The van der Waals surface area contributed by atoms with Gasteiger partial charge in [0.15, 0.2) is 0 Å². The molecule has 0 saturated carbocycles. The molecule has 2 heterocycles. The van der Waals surface area contributed by atoms with Crippen molar-refractivity contribution in [2.45, 2.75) is 12.8 Å². The van der Waals surface area contributed by atoms with E-state index in [0.717, 1.165) is 38.7 Å². The van der Waals surface area contributed by atoms with Crippen LogP contribution < -0.4 is 15.6 Å². The number of hydrogen-bond acceptors (Lipinski definition) is 4. The second-order valence-corrected chi connectivity index (χ2v) is 7.81. The zero-order chi connectivity index (χ0) is 20.5. The van der Waals surface area contributed by atoms with Gasteiger partial charge in [-0.1, -0.05) is 31.2 Å². The maximum Gasteiger partial charge on any atom is 0.404 e. The Morgan fingerprint density at radius 3 is 2.66 bits per heavy atom. The van der Waals surface area contributed by atoms with Crippen molar-refractivity contribution in [2.75, 3.05) is 13.7 Å². The molecule has 2 aromatic carbocycles. The van der Waals surface area contributed by atoms with Crippen molar-refractivity contribution >= 4 is 38.4 Å². The van der Waals surface area contributed by atoms with Gasteiger partial charge in [-0.2, -0.15) is 0 Å². The molecule has 29 heavy (non-hydrogen) atoms. The summed E-state index contributed by atoms with van der Waals surface area (Å²) >= 11 is 1.42. The number of carboxylic acid groups (broad SMARTS) is 1. The Balaban J connectivity index is 1.86. The predicted octanol–water partition coefficient (Wildman–Crippen LogP) is 4.79. The maximum atomic E-state index is 12.4. The first kappa shape index (κ1) is 19.0. The van der Waals surface area contributed by atoms with Crippen molar-refractivity contribution in [3.63, 3.8) is 0 Å². The zero-order valence-electron chi connectivity index (χ0n) is 16.0. The molecule has 0 aliphatic heterocycles. The molecule has 0 spiro atoms. The average Bonchev–Trinajstić information content (AvgIpc) is 3.22. The highest BCUT2D eigenvalue weighted by Crippen LogP contribution is 2.40. The number of pyridine rings is 1. The first-order valence-electron chi connectivity index (χ1n) is 9.17. The van der Waals surface area contributed by atoms with E-state index in [1.54, 1.807) is 7.11 Å². The number of carbonyl (C=O) groups is 1. The molecule has 2 aromatic heterocycles. The second-order valence-electron chi connectivity index (χ2n) is 6.89. The van der Waals surface area contributed by atoms with Crippen LogP contribution in [0.3, 0.4) is 0 Å². The van der Waals surface area contributed by atoms with Crippen molar-refractivity contribution in [1.82, 2.24) is 10.3 Å². The molecule has 148 valence electrons. The molecule has 1 atom stereocenters. The fourth-order valence-corrected chi connectivity index (χ4v) is 4.42. The van der Waals surface area contributed by atoms with Gasteiger partial charge < -0.3 is 20.1 Å². The van der Waals surface area contributed by atoms with Crippen molar-refractivity contribution in [2.24, 2.45) is 0 Å². The van der Waals surface area contributed by atoms with E-state index in [-0.39, 0.29) is 11.5 Å². The van der Waals surface area contributed by atoms with Crippen molar-refractivity contribution in [1.29, 1.82) is 0 Å². The van der Waals surface area contributed by atoms with Crippen LogP contribution in [0.1, 0.15) is 18.4 Å². The monoisotopic (exact) mass is 408 g/mol. The fourth-order valence-electron chi connectivity index (χ4n) is 3.62. The molecule has 1 unspecified atom stereocenters. The van der Waals surface area contributed by atoms with Gasteiger partial charge in [0.25, 0.3) is 5.56 Å². The standard InChI is InChI=1S/C22H20N2O4S/c1-12(11-23-22(26)27)13-3-5-14(6-4-13)18-17(28-2)8-7-16-19(18)15-9-10-29-20(15)21(25)24-16/h3-10,12,23H,11H2,1-2H3,(H,24,25)(H,26,27). The lowest BCUT2D eigenvalue weighted by Crippen LogP contribution is -2.25. The Labute approximate surface area is 170 Å². The molecule has 4 aromatic rings. The Kier molecular flexibility index (Phi) is 4.98. The minimum Gasteiger partial charge on any atom is -0.496 e. The number of aromatic nitrogens is 1. The molecule has 0 aliphatic carbocycles. The third-order valence-corrected chi connectivity index (χ3v) is 6.02. The minimum absolute atomic E-state index is 0.0505. The Morgan fingerprint density at radius 1 is 1.21 bits per heavy atom. The smallest absolute Gasteiger partial charge is 0.404 e. The zero-order valence-corrected chi connectivity index (χ0v) is 16.8. The highest BCUT2D eigenvalue weighted by molar-refractivity contribution is 7.17. The van der Waals surface area contributed by atoms with E-state index in [1.165, 1.54) is 11.3 Å². The summed E-state index contributed by atoms with van der Waals surface area (Å²) in [5.41, 5.74) is 3.60. The maximum absolute atomic E-state index is 12.4. The summed E-state index contributed by atoms with van der Waals surface area (Å²) in [6.07, 6.45) is -1.03. The molecule has 6 nitrogen and oxygen atoms in total. The number of ether oxygens (including phenoxy) is 1. The summed E-state index contributed by atoms with van der Waals surface area (Å²) in [6, 6.07) is 13.7. The van der Waals surface area contributed by atoms with Gasteiger partial charge in [0.2, 0.25) is 0 Å². The van der Waals surface area contributed by atoms with E-state index < -0.39 is 6.09 Å². The molecule has 0 saturated heterocycles. The molecule has 0 aliphatic rings. The summed E-state index contributed by atoms with van der Waals surface area (Å²) in [5, 5.41) is 15.0. The van der Waals surface area contributed by atoms with E-state index in [2.05, 4.69) is 10.3 Å². The van der Waals surface area contributed by atoms with E-state index >= 15 is 0 Å². The number of amides is 1. The van der Waals surface area contributed by atoms with E-state index in [1.807, 2.05) is 54.8 Å². The lowest BCUT2D eigenvalue weighted by molar-refractivity contribution is 0.194. The fraction of sp³-hybridized carbons (Fsp3) is 0.182. The number of benzene rings is 2. The third kappa shape index (κ3) is 3.45. The normalized spacial score (nSPS) is 12.2. The van der Waals surface area contributed by atoms with Crippen LogP contribution in [0, 0.1) is 0 Å². The average molecular weight is 408 g/mol. The molecule has 4 rings (SSSR count). The molecule has 7 heteroatoms. The van der Waals surface area contributed by atoms with Crippen LogP contribution in [0.25, 0.3) is 32.1 Å². The van der Waals surface area contributed by atoms with Gasteiger partial charge in [-0.05, 0) is 40.6 Å². The van der Waals surface area contributed by atoms with Crippen molar-refractivity contribution < 1.29 is 14.6 Å². The van der Waals surface area contributed by atoms with Gasteiger partial charge in [-0.3, -0.25) is 4.79 Å². The summed E-state index contributed by atoms with van der Waals surface area (Å²) < 4.78 is 6.33. The highest BCUT2D eigenvalue weighted by Gasteiger charge is 2.16.